The van der Waals surface area contributed by atoms with Crippen LogP contribution in [-0.4, -0.2) is 20.9 Å². The van der Waals surface area contributed by atoms with Crippen LogP contribution < -0.4 is 10.0 Å². The Balaban J connectivity index is 1.68. The highest BCUT2D eigenvalue weighted by Crippen LogP contribution is 2.15. The van der Waals surface area contributed by atoms with Crippen LogP contribution >= 0.6 is 0 Å². The molecule has 0 heterocycles. The molecule has 0 aliphatic heterocycles. The van der Waals surface area contributed by atoms with E-state index in [0.29, 0.717) is 12.1 Å². The fourth-order valence-corrected chi connectivity index (χ4v) is 3.71. The summed E-state index contributed by atoms with van der Waals surface area (Å²) in [7, 11) is -3.76. The molecule has 0 bridgehead atoms. The first kappa shape index (κ1) is 19.7. The zero-order chi connectivity index (χ0) is 20.0. The number of benzene rings is 3. The quantitative estimate of drug-likeness (QED) is 0.639. The monoisotopic (exact) mass is 398 g/mol. The summed E-state index contributed by atoms with van der Waals surface area (Å²) in [5.74, 6) is -0.997. The molecule has 5 nitrogen and oxygen atoms in total. The van der Waals surface area contributed by atoms with Gasteiger partial charge in [-0.3, -0.25) is 4.79 Å². The van der Waals surface area contributed by atoms with Gasteiger partial charge < -0.3 is 5.32 Å². The molecule has 144 valence electrons. The van der Waals surface area contributed by atoms with E-state index in [0.717, 1.165) is 5.56 Å². The van der Waals surface area contributed by atoms with E-state index in [-0.39, 0.29) is 17.0 Å². The topological polar surface area (TPSA) is 75.3 Å². The summed E-state index contributed by atoms with van der Waals surface area (Å²) >= 11 is 0. The number of amides is 1. The molecule has 0 fully saturated rings. The van der Waals surface area contributed by atoms with Gasteiger partial charge in [0.15, 0.2) is 0 Å². The Kier molecular flexibility index (Phi) is 6.18. The van der Waals surface area contributed by atoms with Crippen LogP contribution in [-0.2, 0) is 16.4 Å². The Morgan fingerprint density at radius 1 is 0.893 bits per heavy atom. The van der Waals surface area contributed by atoms with Crippen molar-refractivity contribution in [2.75, 3.05) is 11.9 Å². The van der Waals surface area contributed by atoms with E-state index in [1.807, 2.05) is 30.3 Å². The Morgan fingerprint density at radius 3 is 2.39 bits per heavy atom. The smallest absolute Gasteiger partial charge is 0.255 e. The number of hydrogen-bond donors (Lipinski definition) is 2. The number of hydrogen-bond acceptors (Lipinski definition) is 3. The summed E-state index contributed by atoms with van der Waals surface area (Å²) in [6, 6.07) is 20.7. The number of anilines is 1. The first-order chi connectivity index (χ1) is 13.4. The van der Waals surface area contributed by atoms with Crippen molar-refractivity contribution in [1.29, 1.82) is 0 Å². The fraction of sp³-hybridized carbons (Fsp3) is 0.0952. The third-order valence-electron chi connectivity index (χ3n) is 4.04. The van der Waals surface area contributed by atoms with Crippen LogP contribution in [0.4, 0.5) is 10.1 Å². The minimum Gasteiger partial charge on any atom is -0.322 e. The molecule has 3 rings (SSSR count). The van der Waals surface area contributed by atoms with E-state index in [4.69, 9.17) is 0 Å². The van der Waals surface area contributed by atoms with Gasteiger partial charge in [-0.2, -0.15) is 0 Å². The van der Waals surface area contributed by atoms with E-state index >= 15 is 0 Å². The van der Waals surface area contributed by atoms with E-state index in [9.17, 15) is 17.6 Å². The Hall–Kier alpha value is -3.03. The largest absolute Gasteiger partial charge is 0.322 e. The zero-order valence-corrected chi connectivity index (χ0v) is 15.7. The third-order valence-corrected chi connectivity index (χ3v) is 5.50. The van der Waals surface area contributed by atoms with Crippen molar-refractivity contribution in [2.24, 2.45) is 0 Å². The summed E-state index contributed by atoms with van der Waals surface area (Å²) in [6.07, 6.45) is 0.555. The minimum atomic E-state index is -3.76. The predicted molar refractivity (Wildman–Crippen MR) is 106 cm³/mol. The summed E-state index contributed by atoms with van der Waals surface area (Å²) in [5.41, 5.74) is 1.47. The lowest BCUT2D eigenvalue weighted by atomic mass is 10.2. The van der Waals surface area contributed by atoms with Crippen molar-refractivity contribution in [2.45, 2.75) is 11.3 Å². The summed E-state index contributed by atoms with van der Waals surface area (Å²) in [4.78, 5) is 12.3. The molecule has 3 aromatic rings. The van der Waals surface area contributed by atoms with Crippen molar-refractivity contribution in [3.05, 3.63) is 95.8 Å². The van der Waals surface area contributed by atoms with Crippen molar-refractivity contribution in [3.8, 4) is 0 Å². The van der Waals surface area contributed by atoms with Gasteiger partial charge in [-0.25, -0.2) is 17.5 Å². The van der Waals surface area contributed by atoms with Crippen molar-refractivity contribution in [1.82, 2.24) is 4.72 Å². The van der Waals surface area contributed by atoms with Gasteiger partial charge in [0.1, 0.15) is 5.82 Å². The van der Waals surface area contributed by atoms with Crippen LogP contribution in [0.5, 0.6) is 0 Å². The van der Waals surface area contributed by atoms with Crippen LogP contribution in [0.1, 0.15) is 15.9 Å². The van der Waals surface area contributed by atoms with Gasteiger partial charge in [0.2, 0.25) is 10.0 Å². The van der Waals surface area contributed by atoms with E-state index < -0.39 is 21.7 Å². The Bertz CT molecular complexity index is 1070. The van der Waals surface area contributed by atoms with Gasteiger partial charge in [-0.05, 0) is 48.4 Å². The predicted octanol–water partition coefficient (Wildman–Crippen LogP) is 3.60. The van der Waals surface area contributed by atoms with Gasteiger partial charge >= 0.3 is 0 Å². The second-order valence-electron chi connectivity index (χ2n) is 6.13. The second-order valence-corrected chi connectivity index (χ2v) is 7.89. The normalized spacial score (nSPS) is 11.2. The van der Waals surface area contributed by atoms with Gasteiger partial charge in [0, 0.05) is 17.8 Å². The van der Waals surface area contributed by atoms with Crippen molar-refractivity contribution in [3.63, 3.8) is 0 Å². The number of carbonyl (C=O) groups is 1. The molecule has 2 N–H and O–H groups in total. The zero-order valence-electron chi connectivity index (χ0n) is 14.9. The number of carbonyl (C=O) groups excluding carboxylic acids is 1. The van der Waals surface area contributed by atoms with Crippen LogP contribution in [0.25, 0.3) is 0 Å². The van der Waals surface area contributed by atoms with Gasteiger partial charge in [0.25, 0.3) is 5.91 Å². The first-order valence-corrected chi connectivity index (χ1v) is 10.1. The van der Waals surface area contributed by atoms with E-state index in [1.54, 1.807) is 6.07 Å². The van der Waals surface area contributed by atoms with Crippen LogP contribution in [0.2, 0.25) is 0 Å². The summed E-state index contributed by atoms with van der Waals surface area (Å²) in [5, 5.41) is 2.55. The molecule has 0 saturated heterocycles. The van der Waals surface area contributed by atoms with Crippen LogP contribution in [0.15, 0.2) is 83.8 Å². The maximum atomic E-state index is 13.2. The maximum absolute atomic E-state index is 13.2. The molecule has 7 heteroatoms. The molecule has 0 aliphatic carbocycles. The highest BCUT2D eigenvalue weighted by molar-refractivity contribution is 7.89. The van der Waals surface area contributed by atoms with E-state index in [2.05, 4.69) is 10.0 Å². The Morgan fingerprint density at radius 2 is 1.64 bits per heavy atom. The molecule has 0 radical (unpaired) electrons. The lowest BCUT2D eigenvalue weighted by molar-refractivity contribution is 0.102. The van der Waals surface area contributed by atoms with Crippen LogP contribution in [0, 0.1) is 5.82 Å². The third kappa shape index (κ3) is 5.25. The Labute approximate surface area is 163 Å². The lowest BCUT2D eigenvalue weighted by Gasteiger charge is -2.09. The highest BCUT2D eigenvalue weighted by atomic mass is 32.2. The molecule has 3 aromatic carbocycles. The highest BCUT2D eigenvalue weighted by Gasteiger charge is 2.16. The number of sulfonamides is 1. The molecule has 28 heavy (non-hydrogen) atoms. The summed E-state index contributed by atoms with van der Waals surface area (Å²) < 4.78 is 40.8. The molecular formula is C21H19FN2O3S. The average Bonchev–Trinajstić information content (AvgIpc) is 2.69. The van der Waals surface area contributed by atoms with Gasteiger partial charge in [0.05, 0.1) is 4.90 Å². The standard InChI is InChI=1S/C21H19FN2O3S/c22-18-9-5-10-19(15-18)24-21(25)17-8-4-11-20(14-17)28(26,27)23-13-12-16-6-2-1-3-7-16/h1-11,14-15,23H,12-13H2,(H,24,25). The molecule has 0 aromatic heterocycles. The van der Waals surface area contributed by atoms with Gasteiger partial charge in [-0.15, -0.1) is 0 Å². The lowest BCUT2D eigenvalue weighted by Crippen LogP contribution is -2.26. The first-order valence-electron chi connectivity index (χ1n) is 8.65. The van der Waals surface area contributed by atoms with Gasteiger partial charge in [-0.1, -0.05) is 42.5 Å². The minimum absolute atomic E-state index is 0.00699. The number of halogens is 1. The fourth-order valence-electron chi connectivity index (χ4n) is 2.63. The number of nitrogens with one attached hydrogen (secondary N) is 2. The summed E-state index contributed by atoms with van der Waals surface area (Å²) in [6.45, 7) is 0.242. The molecule has 0 unspecified atom stereocenters. The molecule has 1 amide bonds. The molecule has 0 spiro atoms. The van der Waals surface area contributed by atoms with Crippen molar-refractivity contribution >= 4 is 21.6 Å². The SMILES string of the molecule is O=C(Nc1cccc(F)c1)c1cccc(S(=O)(=O)NCCc2ccccc2)c1. The molecular weight excluding hydrogens is 379 g/mol. The molecule has 0 aliphatic rings. The molecule has 0 atom stereocenters. The second kappa shape index (κ2) is 8.77. The number of rotatable bonds is 7. The average molecular weight is 398 g/mol. The van der Waals surface area contributed by atoms with E-state index in [1.165, 1.54) is 42.5 Å². The van der Waals surface area contributed by atoms with Crippen molar-refractivity contribution < 1.29 is 17.6 Å². The maximum Gasteiger partial charge on any atom is 0.255 e. The van der Waals surface area contributed by atoms with Crippen LogP contribution in [0.3, 0.4) is 0 Å². The molecule has 0 saturated carbocycles.